The number of nitrogens with zero attached hydrogens (tertiary/aromatic N) is 2. The Morgan fingerprint density at radius 3 is 2.36 bits per heavy atom. The average Bonchev–Trinajstić information content (AvgIpc) is 3.77. The summed E-state index contributed by atoms with van der Waals surface area (Å²) in [5.74, 6) is -1.67. The van der Waals surface area contributed by atoms with E-state index in [4.69, 9.17) is 23.2 Å². The minimum atomic E-state index is -3.99. The molecule has 0 aromatic heterocycles. The van der Waals surface area contributed by atoms with Crippen LogP contribution in [-0.2, 0) is 24.8 Å². The van der Waals surface area contributed by atoms with Crippen LogP contribution in [0.1, 0.15) is 37.7 Å². The van der Waals surface area contributed by atoms with Gasteiger partial charge < -0.3 is 10.2 Å². The van der Waals surface area contributed by atoms with Gasteiger partial charge in [0.15, 0.2) is 9.84 Å². The van der Waals surface area contributed by atoms with Crippen LogP contribution in [0.25, 0.3) is 0 Å². The van der Waals surface area contributed by atoms with Crippen molar-refractivity contribution in [3.05, 3.63) is 63.9 Å². The van der Waals surface area contributed by atoms with Gasteiger partial charge in [-0.3, -0.25) is 9.59 Å². The molecule has 0 radical (unpaired) electrons. The molecule has 0 unspecified atom stereocenters. The summed E-state index contributed by atoms with van der Waals surface area (Å²) in [7, 11) is -3.99. The molecule has 0 bridgehead atoms. The first kappa shape index (κ1) is 25.0. The van der Waals surface area contributed by atoms with E-state index in [1.807, 2.05) is 0 Å². The molecule has 1 heterocycles. The van der Waals surface area contributed by atoms with Gasteiger partial charge in [-0.25, -0.2) is 12.8 Å². The van der Waals surface area contributed by atoms with E-state index in [1.54, 1.807) is 18.2 Å². The van der Waals surface area contributed by atoms with Crippen molar-refractivity contribution < 1.29 is 22.4 Å². The number of rotatable bonds is 6. The van der Waals surface area contributed by atoms with E-state index in [0.29, 0.717) is 31.2 Å². The number of likely N-dealkylation sites (tertiary alicyclic amines) is 1. The van der Waals surface area contributed by atoms with Gasteiger partial charge in [-0.15, -0.1) is 0 Å². The maximum absolute atomic E-state index is 14.2. The van der Waals surface area contributed by atoms with Gasteiger partial charge in [-0.1, -0.05) is 41.4 Å². The van der Waals surface area contributed by atoms with Gasteiger partial charge in [-0.2, -0.15) is 5.26 Å². The molecule has 36 heavy (non-hydrogen) atoms. The Hall–Kier alpha value is -2.67. The molecule has 2 aromatic rings. The molecule has 7 nitrogen and oxygen atoms in total. The molecular weight excluding hydrogens is 528 g/mol. The number of benzene rings is 2. The zero-order chi connectivity index (χ0) is 25.9. The molecule has 2 aromatic carbocycles. The first-order chi connectivity index (χ1) is 17.0. The number of carbonyl (C=O) groups excluding carboxylic acids is 2. The minimum absolute atomic E-state index is 0.0556. The van der Waals surface area contributed by atoms with Gasteiger partial charge in [0, 0.05) is 6.54 Å². The topological polar surface area (TPSA) is 107 Å². The van der Waals surface area contributed by atoms with Crippen LogP contribution in [-0.4, -0.2) is 48.5 Å². The summed E-state index contributed by atoms with van der Waals surface area (Å²) in [6.07, 6.45) is 1.71. The van der Waals surface area contributed by atoms with Crippen molar-refractivity contribution in [2.75, 3.05) is 6.54 Å². The number of hydrogen-bond donors (Lipinski definition) is 1. The Kier molecular flexibility index (Phi) is 6.05. The van der Waals surface area contributed by atoms with Crippen LogP contribution >= 0.6 is 23.2 Å². The number of carbonyl (C=O) groups is 2. The fourth-order valence-corrected chi connectivity index (χ4v) is 7.21. The molecule has 1 aliphatic heterocycles. The smallest absolute Gasteiger partial charge is 0.244 e. The molecule has 1 saturated heterocycles. The molecular formula is C25H22Cl2FN3O4S. The lowest BCUT2D eigenvalue weighted by atomic mass is 9.93. The first-order valence-electron chi connectivity index (χ1n) is 11.5. The highest BCUT2D eigenvalue weighted by Gasteiger charge is 2.58. The molecule has 0 spiro atoms. The molecule has 2 aliphatic carbocycles. The van der Waals surface area contributed by atoms with Crippen molar-refractivity contribution in [1.29, 1.82) is 5.26 Å². The Morgan fingerprint density at radius 1 is 1.08 bits per heavy atom. The molecule has 2 atom stereocenters. The summed E-state index contributed by atoms with van der Waals surface area (Å²) in [5, 5.41) is 11.0. The summed E-state index contributed by atoms with van der Waals surface area (Å²) in [5.41, 5.74) is -1.61. The highest BCUT2D eigenvalue weighted by molar-refractivity contribution is 7.92. The number of nitriles is 1. The van der Waals surface area contributed by atoms with Gasteiger partial charge in [0.05, 0.1) is 31.7 Å². The van der Waals surface area contributed by atoms with Crippen molar-refractivity contribution in [3.8, 4) is 6.07 Å². The Bertz CT molecular complexity index is 1420. The number of halogens is 3. The largest absolute Gasteiger partial charge is 0.336 e. The Labute approximate surface area is 218 Å². The van der Waals surface area contributed by atoms with Crippen LogP contribution in [0.5, 0.6) is 0 Å². The lowest BCUT2D eigenvalue weighted by molar-refractivity contribution is -0.140. The molecule has 3 aliphatic rings. The average molecular weight is 550 g/mol. The zero-order valence-electron chi connectivity index (χ0n) is 19.0. The molecule has 3 fully saturated rings. The predicted molar refractivity (Wildman–Crippen MR) is 131 cm³/mol. The fraction of sp³-hybridized carbons (Fsp3) is 0.400. The van der Waals surface area contributed by atoms with Crippen LogP contribution in [0.15, 0.2) is 47.4 Å². The third-order valence-electron chi connectivity index (χ3n) is 7.37. The van der Waals surface area contributed by atoms with Crippen LogP contribution < -0.4 is 5.32 Å². The van der Waals surface area contributed by atoms with Crippen molar-refractivity contribution in [2.45, 2.75) is 59.2 Å². The summed E-state index contributed by atoms with van der Waals surface area (Å²) in [6.45, 7) is -0.220. The maximum atomic E-state index is 14.2. The molecule has 2 saturated carbocycles. The molecule has 2 amide bonds. The van der Waals surface area contributed by atoms with E-state index in [2.05, 4.69) is 11.4 Å². The highest BCUT2D eigenvalue weighted by atomic mass is 35.5. The molecule has 188 valence electrons. The van der Waals surface area contributed by atoms with E-state index in [-0.39, 0.29) is 27.9 Å². The summed E-state index contributed by atoms with van der Waals surface area (Å²) in [4.78, 5) is 28.4. The second-order valence-electron chi connectivity index (χ2n) is 9.70. The van der Waals surface area contributed by atoms with Gasteiger partial charge >= 0.3 is 0 Å². The SMILES string of the molecule is N#CC1(NC(=O)[C@@H]2C[C@@H](S(=O)(=O)c3ccccc3Cl)CN2C(=O)C2(c3ccc(Cl)c(F)c3)CC2)CC1. The Balaban J connectivity index is 1.49. The zero-order valence-corrected chi connectivity index (χ0v) is 21.3. The second-order valence-corrected chi connectivity index (χ2v) is 12.7. The lowest BCUT2D eigenvalue weighted by Gasteiger charge is -2.29. The van der Waals surface area contributed by atoms with Crippen LogP contribution in [0.4, 0.5) is 4.39 Å². The van der Waals surface area contributed by atoms with Crippen molar-refractivity contribution in [2.24, 2.45) is 0 Å². The quantitative estimate of drug-likeness (QED) is 0.589. The number of amides is 2. The highest BCUT2D eigenvalue weighted by Crippen LogP contribution is 2.51. The minimum Gasteiger partial charge on any atom is -0.336 e. The van der Waals surface area contributed by atoms with E-state index < -0.39 is 49.7 Å². The van der Waals surface area contributed by atoms with Gasteiger partial charge in [0.25, 0.3) is 0 Å². The summed E-state index contributed by atoms with van der Waals surface area (Å²) in [6, 6.07) is 11.2. The van der Waals surface area contributed by atoms with Crippen molar-refractivity contribution in [1.82, 2.24) is 10.2 Å². The third-order valence-corrected chi connectivity index (χ3v) is 10.3. The number of hydrogen-bond acceptors (Lipinski definition) is 5. The van der Waals surface area contributed by atoms with Gasteiger partial charge in [-0.05, 0) is 61.9 Å². The van der Waals surface area contributed by atoms with Crippen molar-refractivity contribution in [3.63, 3.8) is 0 Å². The predicted octanol–water partition coefficient (Wildman–Crippen LogP) is 3.78. The van der Waals surface area contributed by atoms with Crippen LogP contribution in [0.2, 0.25) is 10.0 Å². The lowest BCUT2D eigenvalue weighted by Crippen LogP contribution is -2.51. The molecule has 1 N–H and O–H groups in total. The van der Waals surface area contributed by atoms with E-state index in [1.165, 1.54) is 29.2 Å². The fourth-order valence-electron chi connectivity index (χ4n) is 4.88. The van der Waals surface area contributed by atoms with Gasteiger partial charge in [0.2, 0.25) is 11.8 Å². The summed E-state index contributed by atoms with van der Waals surface area (Å²) < 4.78 is 41.2. The van der Waals surface area contributed by atoms with E-state index >= 15 is 0 Å². The maximum Gasteiger partial charge on any atom is 0.244 e. The van der Waals surface area contributed by atoms with Crippen molar-refractivity contribution >= 4 is 44.9 Å². The molecule has 5 rings (SSSR count). The summed E-state index contributed by atoms with van der Waals surface area (Å²) >= 11 is 12.0. The molecule has 11 heteroatoms. The van der Waals surface area contributed by atoms with Crippen LogP contribution in [0, 0.1) is 17.1 Å². The third kappa shape index (κ3) is 4.15. The monoisotopic (exact) mass is 549 g/mol. The number of nitrogens with one attached hydrogen (secondary N) is 1. The Morgan fingerprint density at radius 2 is 1.78 bits per heavy atom. The van der Waals surface area contributed by atoms with E-state index in [9.17, 15) is 27.7 Å². The van der Waals surface area contributed by atoms with E-state index in [0.717, 1.165) is 0 Å². The van der Waals surface area contributed by atoms with Crippen LogP contribution in [0.3, 0.4) is 0 Å². The second kappa shape index (κ2) is 8.72. The first-order valence-corrected chi connectivity index (χ1v) is 13.8. The standard InChI is InChI=1S/C25H22Cl2FN3O4S/c26-17-6-5-15(11-19(17)28)25(9-10-25)23(33)31-13-16(36(34,35)21-4-2-1-3-18(21)27)12-20(31)22(32)30-24(14-29)7-8-24/h1-6,11,16,20H,7-10,12-13H2,(H,30,32)/t16-,20+/m1/s1. The normalized spacial score (nSPS) is 23.6. The van der Waals surface area contributed by atoms with Gasteiger partial charge in [0.1, 0.15) is 17.4 Å². The number of sulfone groups is 1.